The number of halogens is 1. The predicted molar refractivity (Wildman–Crippen MR) is 102 cm³/mol. The van der Waals surface area contributed by atoms with Crippen molar-refractivity contribution in [2.45, 2.75) is 25.2 Å². The number of hydrogen-bond donors (Lipinski definition) is 0. The Morgan fingerprint density at radius 1 is 1.12 bits per heavy atom. The van der Waals surface area contributed by atoms with Crippen molar-refractivity contribution < 1.29 is 19.0 Å². The van der Waals surface area contributed by atoms with Crippen LogP contribution in [0.5, 0.6) is 17.2 Å². The molecule has 2 aliphatic rings. The summed E-state index contributed by atoms with van der Waals surface area (Å²) in [7, 11) is 3.24. The Kier molecular flexibility index (Phi) is 4.49. The minimum Gasteiger partial charge on any atom is -0.496 e. The van der Waals surface area contributed by atoms with E-state index in [0.29, 0.717) is 23.7 Å². The Balaban J connectivity index is 2.01. The van der Waals surface area contributed by atoms with Crippen molar-refractivity contribution in [1.29, 1.82) is 0 Å². The van der Waals surface area contributed by atoms with Crippen LogP contribution in [-0.4, -0.2) is 20.0 Å². The molecule has 1 aliphatic carbocycles. The molecule has 0 N–H and O–H groups in total. The lowest BCUT2D eigenvalue weighted by molar-refractivity contribution is -0.116. The molecule has 2 aromatic rings. The van der Waals surface area contributed by atoms with E-state index in [4.69, 9.17) is 14.2 Å². The Morgan fingerprint density at radius 3 is 2.65 bits per heavy atom. The highest BCUT2D eigenvalue weighted by molar-refractivity contribution is 9.10. The fraction of sp³-hybridized carbons (Fsp3) is 0.286. The molecule has 1 aliphatic heterocycles. The minimum atomic E-state index is -0.224. The number of carbonyl (C=O) groups excluding carboxylic acids is 1. The fourth-order valence-corrected chi connectivity index (χ4v) is 4.31. The standard InChI is InChI=1S/C21H19BrO4/c1-24-12-10-17(25-2)21-18(11-12)26-16-9-5-8-15(23)20(16)19(21)13-6-3-4-7-14(13)22/h3-4,6-7,10-11,19H,5,8-9H2,1-2H3. The molecule has 26 heavy (non-hydrogen) atoms. The van der Waals surface area contributed by atoms with Crippen LogP contribution in [0.25, 0.3) is 0 Å². The van der Waals surface area contributed by atoms with Gasteiger partial charge in [0.05, 0.1) is 14.2 Å². The van der Waals surface area contributed by atoms with Gasteiger partial charge in [-0.05, 0) is 18.1 Å². The summed E-state index contributed by atoms with van der Waals surface area (Å²) < 4.78 is 18.2. The second kappa shape index (κ2) is 6.80. The van der Waals surface area contributed by atoms with Crippen molar-refractivity contribution in [2.75, 3.05) is 14.2 Å². The monoisotopic (exact) mass is 414 g/mol. The first kappa shape index (κ1) is 17.2. The first-order valence-corrected chi connectivity index (χ1v) is 9.37. The smallest absolute Gasteiger partial charge is 0.163 e. The van der Waals surface area contributed by atoms with Gasteiger partial charge in [-0.15, -0.1) is 0 Å². The zero-order valence-corrected chi connectivity index (χ0v) is 16.3. The van der Waals surface area contributed by atoms with E-state index in [1.54, 1.807) is 14.2 Å². The number of benzene rings is 2. The number of ketones is 1. The van der Waals surface area contributed by atoms with E-state index >= 15 is 0 Å². The van der Waals surface area contributed by atoms with Crippen LogP contribution in [0.2, 0.25) is 0 Å². The normalized spacial score (nSPS) is 18.7. The van der Waals surface area contributed by atoms with Gasteiger partial charge in [0.15, 0.2) is 5.78 Å². The number of allylic oxidation sites excluding steroid dienone is 2. The number of carbonyl (C=O) groups is 1. The van der Waals surface area contributed by atoms with Crippen LogP contribution in [0.4, 0.5) is 0 Å². The third kappa shape index (κ3) is 2.71. The summed E-state index contributed by atoms with van der Waals surface area (Å²) in [5.41, 5.74) is 2.65. The summed E-state index contributed by atoms with van der Waals surface area (Å²) in [4.78, 5) is 12.8. The molecular formula is C21H19BrO4. The Morgan fingerprint density at radius 2 is 1.92 bits per heavy atom. The molecule has 134 valence electrons. The summed E-state index contributed by atoms with van der Waals surface area (Å²) in [5.74, 6) is 2.71. The van der Waals surface area contributed by atoms with Crippen molar-refractivity contribution in [3.8, 4) is 17.2 Å². The molecule has 2 aromatic carbocycles. The lowest BCUT2D eigenvalue weighted by Gasteiger charge is -2.34. The van der Waals surface area contributed by atoms with Gasteiger partial charge in [-0.3, -0.25) is 4.79 Å². The highest BCUT2D eigenvalue weighted by Crippen LogP contribution is 2.52. The molecule has 0 radical (unpaired) electrons. The molecule has 0 saturated carbocycles. The van der Waals surface area contributed by atoms with Crippen molar-refractivity contribution in [2.24, 2.45) is 0 Å². The van der Waals surface area contributed by atoms with Crippen LogP contribution < -0.4 is 14.2 Å². The van der Waals surface area contributed by atoms with Crippen LogP contribution in [0.3, 0.4) is 0 Å². The molecule has 4 rings (SSSR count). The van der Waals surface area contributed by atoms with E-state index in [1.165, 1.54) is 0 Å². The molecule has 1 heterocycles. The summed E-state index contributed by atoms with van der Waals surface area (Å²) in [6, 6.07) is 11.7. The number of methoxy groups -OCH3 is 2. The lowest BCUT2D eigenvalue weighted by atomic mass is 9.76. The molecule has 0 amide bonds. The quantitative estimate of drug-likeness (QED) is 0.708. The number of rotatable bonds is 3. The molecular weight excluding hydrogens is 396 g/mol. The van der Waals surface area contributed by atoms with Gasteiger partial charge in [0, 0.05) is 46.5 Å². The average Bonchev–Trinajstić information content (AvgIpc) is 2.66. The van der Waals surface area contributed by atoms with Crippen LogP contribution in [-0.2, 0) is 4.79 Å². The van der Waals surface area contributed by atoms with Crippen molar-refractivity contribution in [3.63, 3.8) is 0 Å². The third-order valence-corrected chi connectivity index (χ3v) is 5.69. The molecule has 0 bridgehead atoms. The zero-order chi connectivity index (χ0) is 18.3. The summed E-state index contributed by atoms with van der Waals surface area (Å²) in [6.45, 7) is 0. The molecule has 0 aromatic heterocycles. The third-order valence-electron chi connectivity index (χ3n) is 4.97. The summed E-state index contributed by atoms with van der Waals surface area (Å²) >= 11 is 3.65. The maximum absolute atomic E-state index is 12.8. The summed E-state index contributed by atoms with van der Waals surface area (Å²) in [5, 5.41) is 0. The van der Waals surface area contributed by atoms with Crippen LogP contribution in [0.15, 0.2) is 52.2 Å². The van der Waals surface area contributed by atoms with E-state index in [1.807, 2.05) is 36.4 Å². The van der Waals surface area contributed by atoms with Crippen molar-refractivity contribution in [3.05, 3.63) is 63.3 Å². The van der Waals surface area contributed by atoms with Crippen LogP contribution in [0, 0.1) is 0 Å². The van der Waals surface area contributed by atoms with Gasteiger partial charge in [0.1, 0.15) is 23.0 Å². The Hall–Kier alpha value is -2.27. The van der Waals surface area contributed by atoms with Gasteiger partial charge in [-0.1, -0.05) is 34.1 Å². The van der Waals surface area contributed by atoms with Crippen LogP contribution >= 0.6 is 15.9 Å². The summed E-state index contributed by atoms with van der Waals surface area (Å²) in [6.07, 6.45) is 2.13. The van der Waals surface area contributed by atoms with E-state index in [-0.39, 0.29) is 11.7 Å². The van der Waals surface area contributed by atoms with Gasteiger partial charge in [0.2, 0.25) is 0 Å². The average molecular weight is 415 g/mol. The number of hydrogen-bond acceptors (Lipinski definition) is 4. The SMILES string of the molecule is COc1cc(OC)c2c(c1)OC1=C(C(=O)CCC1)C2c1ccccc1Br. The van der Waals surface area contributed by atoms with E-state index in [9.17, 15) is 4.79 Å². The predicted octanol–water partition coefficient (Wildman–Crippen LogP) is 5.00. The minimum absolute atomic E-state index is 0.149. The molecule has 0 fully saturated rings. The fourth-order valence-electron chi connectivity index (χ4n) is 3.79. The Bertz CT molecular complexity index is 916. The van der Waals surface area contributed by atoms with Crippen molar-refractivity contribution >= 4 is 21.7 Å². The molecule has 0 spiro atoms. The van der Waals surface area contributed by atoms with Gasteiger partial charge in [-0.2, -0.15) is 0 Å². The lowest BCUT2D eigenvalue weighted by Crippen LogP contribution is -2.26. The van der Waals surface area contributed by atoms with E-state index in [2.05, 4.69) is 15.9 Å². The second-order valence-corrected chi connectivity index (χ2v) is 7.27. The molecule has 0 saturated heterocycles. The second-order valence-electron chi connectivity index (χ2n) is 6.41. The first-order valence-electron chi connectivity index (χ1n) is 8.58. The Labute approximate surface area is 160 Å². The number of Topliss-reactive ketones (excluding diaryl/α,β-unsaturated/α-hetero) is 1. The van der Waals surface area contributed by atoms with E-state index in [0.717, 1.165) is 39.8 Å². The molecule has 5 heteroatoms. The topological polar surface area (TPSA) is 44.8 Å². The van der Waals surface area contributed by atoms with Gasteiger partial charge in [0.25, 0.3) is 0 Å². The molecule has 1 unspecified atom stereocenters. The van der Waals surface area contributed by atoms with Gasteiger partial charge < -0.3 is 14.2 Å². The highest BCUT2D eigenvalue weighted by Gasteiger charge is 2.39. The maximum Gasteiger partial charge on any atom is 0.163 e. The largest absolute Gasteiger partial charge is 0.496 e. The molecule has 4 nitrogen and oxygen atoms in total. The van der Waals surface area contributed by atoms with Gasteiger partial charge in [-0.25, -0.2) is 0 Å². The molecule has 1 atom stereocenters. The highest BCUT2D eigenvalue weighted by atomic mass is 79.9. The first-order chi connectivity index (χ1) is 12.6. The van der Waals surface area contributed by atoms with Crippen LogP contribution in [0.1, 0.15) is 36.3 Å². The maximum atomic E-state index is 12.8. The zero-order valence-electron chi connectivity index (χ0n) is 14.7. The van der Waals surface area contributed by atoms with Crippen molar-refractivity contribution in [1.82, 2.24) is 0 Å². The number of ether oxygens (including phenoxy) is 3. The van der Waals surface area contributed by atoms with E-state index < -0.39 is 0 Å². The number of fused-ring (bicyclic) bond motifs is 1. The van der Waals surface area contributed by atoms with Gasteiger partial charge >= 0.3 is 0 Å².